The largest absolute Gasteiger partial charge is 0.491 e. The van der Waals surface area contributed by atoms with Gasteiger partial charge in [-0.1, -0.05) is 15.9 Å². The van der Waals surface area contributed by atoms with Gasteiger partial charge in [0.15, 0.2) is 0 Å². The van der Waals surface area contributed by atoms with Crippen LogP contribution in [0.1, 0.15) is 47.1 Å². The maximum atomic E-state index is 5.76. The van der Waals surface area contributed by atoms with Gasteiger partial charge in [0.1, 0.15) is 12.4 Å². The topological polar surface area (TPSA) is 30.5 Å². The van der Waals surface area contributed by atoms with E-state index in [2.05, 4.69) is 48.1 Å². The van der Waals surface area contributed by atoms with Crippen molar-refractivity contribution >= 4 is 15.9 Å². The van der Waals surface area contributed by atoms with Crippen molar-refractivity contribution in [2.45, 2.75) is 59.2 Å². The molecule has 120 valence electrons. The Morgan fingerprint density at radius 3 is 2.29 bits per heavy atom. The molecule has 0 spiro atoms. The molecule has 3 nitrogen and oxygen atoms in total. The van der Waals surface area contributed by atoms with Gasteiger partial charge in [-0.15, -0.1) is 0 Å². The van der Waals surface area contributed by atoms with Crippen molar-refractivity contribution in [1.82, 2.24) is 5.32 Å². The van der Waals surface area contributed by atoms with Crippen molar-refractivity contribution in [3.63, 3.8) is 0 Å². The normalized spacial score (nSPS) is 12.5. The van der Waals surface area contributed by atoms with E-state index in [0.717, 1.165) is 16.8 Å². The first-order chi connectivity index (χ1) is 9.57. The van der Waals surface area contributed by atoms with E-state index in [1.54, 1.807) is 0 Å². The minimum atomic E-state index is -0.120. The van der Waals surface area contributed by atoms with E-state index in [1.807, 2.05) is 32.9 Å². The summed E-state index contributed by atoms with van der Waals surface area (Å²) >= 11 is 3.59. The molecule has 0 amide bonds. The Labute approximate surface area is 137 Å². The van der Waals surface area contributed by atoms with E-state index >= 15 is 0 Å². The summed E-state index contributed by atoms with van der Waals surface area (Å²) in [6, 6.07) is 6.07. The Kier molecular flexibility index (Phi) is 6.70. The summed E-state index contributed by atoms with van der Waals surface area (Å²) in [5, 5.41) is 3.48. The lowest BCUT2D eigenvalue weighted by Crippen LogP contribution is -2.35. The standard InChI is InChI=1S/C17H28BrNO2/c1-16(2,3)19-12-13-11-14(7-8-15(13)18)20-9-10-21-17(4,5)6/h7-8,11,19H,9-10,12H2,1-6H3. The third kappa shape index (κ3) is 8.44. The molecule has 4 heteroatoms. The highest BCUT2D eigenvalue weighted by atomic mass is 79.9. The first kappa shape index (κ1) is 18.5. The second kappa shape index (κ2) is 7.61. The lowest BCUT2D eigenvalue weighted by atomic mass is 10.1. The van der Waals surface area contributed by atoms with Gasteiger partial charge in [0, 0.05) is 16.6 Å². The smallest absolute Gasteiger partial charge is 0.119 e. The van der Waals surface area contributed by atoms with E-state index < -0.39 is 0 Å². The van der Waals surface area contributed by atoms with Crippen molar-refractivity contribution in [2.75, 3.05) is 13.2 Å². The number of rotatable bonds is 6. The summed E-state index contributed by atoms with van der Waals surface area (Å²) in [6.07, 6.45) is 0. The van der Waals surface area contributed by atoms with Crippen molar-refractivity contribution in [3.05, 3.63) is 28.2 Å². The molecule has 0 aromatic heterocycles. The fraction of sp³-hybridized carbons (Fsp3) is 0.647. The van der Waals surface area contributed by atoms with Gasteiger partial charge in [-0.2, -0.15) is 0 Å². The number of ether oxygens (including phenoxy) is 2. The average Bonchev–Trinajstić information content (AvgIpc) is 2.32. The number of benzene rings is 1. The summed E-state index contributed by atoms with van der Waals surface area (Å²) in [6.45, 7) is 14.6. The fourth-order valence-corrected chi connectivity index (χ4v) is 2.03. The van der Waals surface area contributed by atoms with Crippen LogP contribution in [0.4, 0.5) is 0 Å². The molecule has 0 aliphatic carbocycles. The zero-order valence-corrected chi connectivity index (χ0v) is 15.6. The van der Waals surface area contributed by atoms with Crippen molar-refractivity contribution in [2.24, 2.45) is 0 Å². The maximum absolute atomic E-state index is 5.76. The first-order valence-electron chi connectivity index (χ1n) is 7.37. The van der Waals surface area contributed by atoms with Gasteiger partial charge in [0.2, 0.25) is 0 Å². The number of halogens is 1. The van der Waals surface area contributed by atoms with Crippen molar-refractivity contribution in [3.8, 4) is 5.75 Å². The highest BCUT2D eigenvalue weighted by Crippen LogP contribution is 2.23. The van der Waals surface area contributed by atoms with E-state index in [4.69, 9.17) is 9.47 Å². The Hall–Kier alpha value is -0.580. The summed E-state index contributed by atoms with van der Waals surface area (Å²) in [5.74, 6) is 0.876. The molecular formula is C17H28BrNO2. The SMILES string of the molecule is CC(C)(C)NCc1cc(OCCOC(C)(C)C)ccc1Br. The van der Waals surface area contributed by atoms with Crippen LogP contribution in [0.25, 0.3) is 0 Å². The molecule has 0 atom stereocenters. The minimum absolute atomic E-state index is 0.0941. The lowest BCUT2D eigenvalue weighted by Gasteiger charge is -2.21. The van der Waals surface area contributed by atoms with Crippen molar-refractivity contribution < 1.29 is 9.47 Å². The van der Waals surface area contributed by atoms with Crippen LogP contribution in [0.15, 0.2) is 22.7 Å². The highest BCUT2D eigenvalue weighted by Gasteiger charge is 2.11. The third-order valence-electron chi connectivity index (χ3n) is 2.71. The predicted octanol–water partition coefficient (Wildman–Crippen LogP) is 4.53. The zero-order chi connectivity index (χ0) is 16.1. The molecule has 1 N–H and O–H groups in total. The number of hydrogen-bond acceptors (Lipinski definition) is 3. The van der Waals surface area contributed by atoms with Gasteiger partial charge >= 0.3 is 0 Å². The molecule has 0 radical (unpaired) electrons. The molecule has 0 bridgehead atoms. The summed E-state index contributed by atoms with van der Waals surface area (Å²) in [4.78, 5) is 0. The Bertz CT molecular complexity index is 447. The molecule has 0 unspecified atom stereocenters. The molecule has 0 fully saturated rings. The quantitative estimate of drug-likeness (QED) is 0.758. The fourth-order valence-electron chi connectivity index (χ4n) is 1.64. The maximum Gasteiger partial charge on any atom is 0.119 e. The highest BCUT2D eigenvalue weighted by molar-refractivity contribution is 9.10. The van der Waals surface area contributed by atoms with Crippen LogP contribution >= 0.6 is 15.9 Å². The monoisotopic (exact) mass is 357 g/mol. The van der Waals surface area contributed by atoms with Crippen LogP contribution in [0, 0.1) is 0 Å². The molecule has 0 saturated heterocycles. The molecule has 0 aliphatic heterocycles. The molecule has 1 aromatic carbocycles. The van der Waals surface area contributed by atoms with Gasteiger partial charge in [-0.05, 0) is 65.3 Å². The molecule has 0 saturated carbocycles. The molecule has 0 heterocycles. The van der Waals surface area contributed by atoms with Gasteiger partial charge in [0.05, 0.1) is 12.2 Å². The van der Waals surface area contributed by atoms with Gasteiger partial charge in [0.25, 0.3) is 0 Å². The Morgan fingerprint density at radius 2 is 1.71 bits per heavy atom. The Balaban J connectivity index is 2.53. The van der Waals surface area contributed by atoms with E-state index in [-0.39, 0.29) is 11.1 Å². The van der Waals surface area contributed by atoms with Gasteiger partial charge in [-0.25, -0.2) is 0 Å². The molecule has 0 aliphatic rings. The first-order valence-corrected chi connectivity index (χ1v) is 8.16. The van der Waals surface area contributed by atoms with Crippen LogP contribution in [-0.2, 0) is 11.3 Å². The van der Waals surface area contributed by atoms with E-state index in [9.17, 15) is 0 Å². The van der Waals surface area contributed by atoms with E-state index in [0.29, 0.717) is 13.2 Å². The average molecular weight is 358 g/mol. The molecular weight excluding hydrogens is 330 g/mol. The molecule has 1 rings (SSSR count). The van der Waals surface area contributed by atoms with Crippen LogP contribution < -0.4 is 10.1 Å². The minimum Gasteiger partial charge on any atom is -0.491 e. The van der Waals surface area contributed by atoms with Crippen LogP contribution in [0.5, 0.6) is 5.75 Å². The van der Waals surface area contributed by atoms with Crippen molar-refractivity contribution in [1.29, 1.82) is 0 Å². The lowest BCUT2D eigenvalue weighted by molar-refractivity contribution is -0.0163. The number of hydrogen-bond donors (Lipinski definition) is 1. The Morgan fingerprint density at radius 1 is 1.05 bits per heavy atom. The summed E-state index contributed by atoms with van der Waals surface area (Å²) in [7, 11) is 0. The third-order valence-corrected chi connectivity index (χ3v) is 3.49. The van der Waals surface area contributed by atoms with Crippen LogP contribution in [0.3, 0.4) is 0 Å². The second-order valence-electron chi connectivity index (χ2n) is 7.17. The summed E-state index contributed by atoms with van der Waals surface area (Å²) in [5.41, 5.74) is 1.17. The van der Waals surface area contributed by atoms with Crippen LogP contribution in [-0.4, -0.2) is 24.4 Å². The summed E-state index contributed by atoms with van der Waals surface area (Å²) < 4.78 is 12.5. The second-order valence-corrected chi connectivity index (χ2v) is 8.02. The predicted molar refractivity (Wildman–Crippen MR) is 91.9 cm³/mol. The number of nitrogens with one attached hydrogen (secondary N) is 1. The van der Waals surface area contributed by atoms with E-state index in [1.165, 1.54) is 5.56 Å². The van der Waals surface area contributed by atoms with Gasteiger partial charge < -0.3 is 14.8 Å². The zero-order valence-electron chi connectivity index (χ0n) is 14.0. The molecule has 21 heavy (non-hydrogen) atoms. The molecule has 1 aromatic rings. The van der Waals surface area contributed by atoms with Gasteiger partial charge in [-0.3, -0.25) is 0 Å². The van der Waals surface area contributed by atoms with Crippen LogP contribution in [0.2, 0.25) is 0 Å².